The second-order valence-electron chi connectivity index (χ2n) is 11.6. The SMILES string of the molecule is COc1ccc(C2=CN3C(=O)c4cc(OC)c(OCCCCC(=O)O)cc4N(COCC[Si](C)(C)C)C(=O)C3C2)cc1. The topological polar surface area (TPSA) is 115 Å². The molecule has 226 valence electrons. The van der Waals surface area contributed by atoms with Gasteiger partial charge in [0.25, 0.3) is 11.8 Å². The molecule has 2 heterocycles. The summed E-state index contributed by atoms with van der Waals surface area (Å²) < 4.78 is 22.8. The molecule has 2 aliphatic rings. The molecule has 2 aliphatic heterocycles. The molecule has 11 heteroatoms. The molecule has 2 aromatic rings. The van der Waals surface area contributed by atoms with Gasteiger partial charge >= 0.3 is 5.97 Å². The lowest BCUT2D eigenvalue weighted by molar-refractivity contribution is -0.137. The van der Waals surface area contributed by atoms with E-state index < -0.39 is 20.1 Å². The fraction of sp³-hybridized carbons (Fsp3) is 0.452. The Balaban J connectivity index is 1.67. The van der Waals surface area contributed by atoms with Crippen LogP contribution in [0.1, 0.15) is 41.6 Å². The van der Waals surface area contributed by atoms with E-state index in [2.05, 4.69) is 19.6 Å². The van der Waals surface area contributed by atoms with Crippen molar-refractivity contribution in [1.82, 2.24) is 4.90 Å². The van der Waals surface area contributed by atoms with Gasteiger partial charge in [0.1, 0.15) is 18.5 Å². The summed E-state index contributed by atoms with van der Waals surface area (Å²) in [6.45, 7) is 7.55. The molecule has 2 aromatic carbocycles. The van der Waals surface area contributed by atoms with Gasteiger partial charge < -0.3 is 29.0 Å². The Morgan fingerprint density at radius 3 is 2.38 bits per heavy atom. The monoisotopic (exact) mass is 596 g/mol. The van der Waals surface area contributed by atoms with Gasteiger partial charge in [0.05, 0.1) is 32.1 Å². The lowest BCUT2D eigenvalue weighted by Gasteiger charge is -2.26. The van der Waals surface area contributed by atoms with Crippen LogP contribution >= 0.6 is 0 Å². The first-order chi connectivity index (χ1) is 20.0. The molecule has 42 heavy (non-hydrogen) atoms. The first-order valence-electron chi connectivity index (χ1n) is 14.2. The van der Waals surface area contributed by atoms with E-state index in [0.29, 0.717) is 48.6 Å². The number of methoxy groups -OCH3 is 2. The van der Waals surface area contributed by atoms with Crippen LogP contribution in [-0.4, -0.2) is 76.1 Å². The molecule has 0 radical (unpaired) electrons. The molecule has 2 amide bonds. The highest BCUT2D eigenvalue weighted by molar-refractivity contribution is 6.76. The van der Waals surface area contributed by atoms with Crippen LogP contribution in [0.4, 0.5) is 5.69 Å². The Bertz CT molecular complexity index is 1340. The number of fused-ring (bicyclic) bond motifs is 2. The highest BCUT2D eigenvalue weighted by Crippen LogP contribution is 2.42. The average Bonchev–Trinajstić information content (AvgIpc) is 3.38. The normalized spacial score (nSPS) is 16.5. The average molecular weight is 597 g/mol. The molecule has 0 aliphatic carbocycles. The van der Waals surface area contributed by atoms with Crippen molar-refractivity contribution in [3.05, 3.63) is 53.7 Å². The number of carbonyl (C=O) groups excluding carboxylic acids is 2. The summed E-state index contributed by atoms with van der Waals surface area (Å²) in [5.74, 6) is 0.0288. The zero-order valence-corrected chi connectivity index (χ0v) is 26.0. The quantitative estimate of drug-likeness (QED) is 0.232. The molecule has 1 N–H and O–H groups in total. The van der Waals surface area contributed by atoms with Crippen molar-refractivity contribution >= 4 is 37.1 Å². The number of ether oxygens (including phenoxy) is 4. The third-order valence-electron chi connectivity index (χ3n) is 7.35. The van der Waals surface area contributed by atoms with Crippen LogP contribution in [0.3, 0.4) is 0 Å². The van der Waals surface area contributed by atoms with Gasteiger partial charge in [0.2, 0.25) is 0 Å². The van der Waals surface area contributed by atoms with Crippen LogP contribution in [-0.2, 0) is 14.3 Å². The molecule has 0 saturated heterocycles. The first kappa shape index (κ1) is 31.1. The van der Waals surface area contributed by atoms with Gasteiger partial charge in [-0.1, -0.05) is 31.8 Å². The summed E-state index contributed by atoms with van der Waals surface area (Å²) in [6, 6.07) is 11.0. The molecule has 0 bridgehead atoms. The summed E-state index contributed by atoms with van der Waals surface area (Å²) in [5, 5.41) is 8.90. The number of rotatable bonds is 14. The molecule has 10 nitrogen and oxygen atoms in total. The van der Waals surface area contributed by atoms with Gasteiger partial charge in [-0.25, -0.2) is 0 Å². The van der Waals surface area contributed by atoms with Crippen LogP contribution in [0.15, 0.2) is 42.6 Å². The maximum Gasteiger partial charge on any atom is 0.303 e. The minimum absolute atomic E-state index is 0.00379. The predicted molar refractivity (Wildman–Crippen MR) is 162 cm³/mol. The number of unbranched alkanes of at least 4 members (excludes halogenated alkanes) is 1. The fourth-order valence-corrected chi connectivity index (χ4v) is 5.66. The smallest absolute Gasteiger partial charge is 0.303 e. The lowest BCUT2D eigenvalue weighted by Crippen LogP contribution is -2.45. The van der Waals surface area contributed by atoms with E-state index in [1.165, 1.54) is 16.9 Å². The van der Waals surface area contributed by atoms with Gasteiger partial charge in [-0.15, -0.1) is 0 Å². The van der Waals surface area contributed by atoms with Crippen LogP contribution < -0.4 is 19.1 Å². The maximum atomic E-state index is 14.1. The highest BCUT2D eigenvalue weighted by atomic mass is 28.3. The van der Waals surface area contributed by atoms with Crippen molar-refractivity contribution in [2.75, 3.05) is 39.1 Å². The molecule has 1 atom stereocenters. The second kappa shape index (κ2) is 13.4. The van der Waals surface area contributed by atoms with E-state index >= 15 is 0 Å². The van der Waals surface area contributed by atoms with Gasteiger partial charge in [0.15, 0.2) is 11.5 Å². The zero-order valence-electron chi connectivity index (χ0n) is 25.0. The number of hydrogen-bond donors (Lipinski definition) is 1. The van der Waals surface area contributed by atoms with Crippen molar-refractivity contribution in [3.63, 3.8) is 0 Å². The van der Waals surface area contributed by atoms with Crippen molar-refractivity contribution in [3.8, 4) is 17.2 Å². The summed E-state index contributed by atoms with van der Waals surface area (Å²) in [5.41, 5.74) is 2.49. The molecule has 0 saturated carbocycles. The Kier molecular flexibility index (Phi) is 9.95. The van der Waals surface area contributed by atoms with E-state index in [-0.39, 0.29) is 31.6 Å². The van der Waals surface area contributed by atoms with Crippen LogP contribution in [0, 0.1) is 0 Å². The van der Waals surface area contributed by atoms with Crippen LogP contribution in [0.25, 0.3) is 5.57 Å². The number of anilines is 1. The number of carboxylic acids is 1. The number of carboxylic acid groups (broad SMARTS) is 1. The number of aliphatic carboxylic acids is 1. The number of hydrogen-bond acceptors (Lipinski definition) is 7. The van der Waals surface area contributed by atoms with Crippen molar-refractivity contribution < 1.29 is 38.4 Å². The van der Waals surface area contributed by atoms with Crippen LogP contribution in [0.2, 0.25) is 25.7 Å². The van der Waals surface area contributed by atoms with E-state index in [9.17, 15) is 14.4 Å². The standard InChI is InChI=1S/C31H40N2O8Si/c1-38-23-11-9-21(10-12-23)22-16-26-31(37)33(20-40-14-15-42(3,4)5)25-18-28(41-13-7-6-8-29(34)35)27(39-2)17-24(25)30(36)32(26)19-22/h9-12,17-19,26H,6-8,13-16,20H2,1-5H3,(H,34,35). The van der Waals surface area contributed by atoms with Crippen molar-refractivity contribution in [2.45, 2.75) is 57.4 Å². The van der Waals surface area contributed by atoms with Crippen molar-refractivity contribution in [2.24, 2.45) is 0 Å². The Morgan fingerprint density at radius 1 is 1.00 bits per heavy atom. The maximum absolute atomic E-state index is 14.1. The highest BCUT2D eigenvalue weighted by Gasteiger charge is 2.43. The number of amides is 2. The third kappa shape index (κ3) is 7.32. The van der Waals surface area contributed by atoms with E-state index in [1.807, 2.05) is 24.3 Å². The largest absolute Gasteiger partial charge is 0.497 e. The lowest BCUT2D eigenvalue weighted by atomic mass is 10.0. The predicted octanol–water partition coefficient (Wildman–Crippen LogP) is 5.25. The van der Waals surface area contributed by atoms with E-state index in [4.69, 9.17) is 24.1 Å². The first-order valence-corrected chi connectivity index (χ1v) is 17.9. The minimum atomic E-state index is -1.36. The van der Waals surface area contributed by atoms with Gasteiger partial charge in [-0.3, -0.25) is 19.3 Å². The fourth-order valence-electron chi connectivity index (χ4n) is 4.90. The Morgan fingerprint density at radius 2 is 1.74 bits per heavy atom. The molecule has 0 aromatic heterocycles. The van der Waals surface area contributed by atoms with Gasteiger partial charge in [-0.2, -0.15) is 0 Å². The Hall–Kier alpha value is -3.83. The number of benzene rings is 2. The molecular formula is C31H40N2O8Si. The van der Waals surface area contributed by atoms with Gasteiger partial charge in [-0.05, 0) is 48.2 Å². The summed E-state index contributed by atoms with van der Waals surface area (Å²) >= 11 is 0. The van der Waals surface area contributed by atoms with Crippen LogP contribution in [0.5, 0.6) is 17.2 Å². The Labute approximate surface area is 247 Å². The van der Waals surface area contributed by atoms with Gasteiger partial charge in [0, 0.05) is 39.8 Å². The van der Waals surface area contributed by atoms with E-state index in [1.54, 1.807) is 25.4 Å². The number of nitrogens with zero attached hydrogens (tertiary/aromatic N) is 2. The summed E-state index contributed by atoms with van der Waals surface area (Å²) in [7, 11) is 1.73. The molecule has 1 unspecified atom stereocenters. The second-order valence-corrected chi connectivity index (χ2v) is 17.3. The molecule has 0 spiro atoms. The third-order valence-corrected chi connectivity index (χ3v) is 9.06. The minimum Gasteiger partial charge on any atom is -0.497 e. The van der Waals surface area contributed by atoms with E-state index in [0.717, 1.165) is 22.9 Å². The summed E-state index contributed by atoms with van der Waals surface area (Å²) in [6.07, 6.45) is 3.17. The molecule has 0 fully saturated rings. The summed E-state index contributed by atoms with van der Waals surface area (Å²) in [4.78, 5) is 42.0. The molecular weight excluding hydrogens is 556 g/mol. The number of carbonyl (C=O) groups is 3. The van der Waals surface area contributed by atoms with Crippen molar-refractivity contribution in [1.29, 1.82) is 0 Å². The zero-order chi connectivity index (χ0) is 30.4. The molecule has 4 rings (SSSR count).